The first-order valence-corrected chi connectivity index (χ1v) is 7.92. The van der Waals surface area contributed by atoms with Gasteiger partial charge in [0.25, 0.3) is 11.5 Å². The van der Waals surface area contributed by atoms with E-state index >= 15 is 0 Å². The molecule has 21 heavy (non-hydrogen) atoms. The van der Waals surface area contributed by atoms with Crippen LogP contribution in [0.1, 0.15) is 22.0 Å². The molecule has 1 unspecified atom stereocenters. The molecule has 0 saturated carbocycles. The molecule has 0 aliphatic rings. The summed E-state index contributed by atoms with van der Waals surface area (Å²) in [6, 6.07) is 1.79. The Morgan fingerprint density at radius 2 is 2.33 bits per heavy atom. The highest BCUT2D eigenvalue weighted by atomic mass is 32.1. The summed E-state index contributed by atoms with van der Waals surface area (Å²) in [6.07, 6.45) is 2.05. The Morgan fingerprint density at radius 3 is 3.10 bits per heavy atom. The van der Waals surface area contributed by atoms with Gasteiger partial charge in [-0.25, -0.2) is 4.98 Å². The molecule has 3 aromatic rings. The number of hydrogen-bond acceptors (Lipinski definition) is 6. The van der Waals surface area contributed by atoms with Gasteiger partial charge in [0, 0.05) is 24.3 Å². The molecule has 6 nitrogen and oxygen atoms in total. The van der Waals surface area contributed by atoms with E-state index in [1.54, 1.807) is 17.6 Å². The second-order valence-electron chi connectivity index (χ2n) is 4.32. The maximum absolute atomic E-state index is 12.1. The van der Waals surface area contributed by atoms with Crippen molar-refractivity contribution in [1.29, 1.82) is 0 Å². The van der Waals surface area contributed by atoms with Crippen LogP contribution in [0, 0.1) is 0 Å². The molecule has 0 aromatic carbocycles. The van der Waals surface area contributed by atoms with E-state index in [9.17, 15) is 14.7 Å². The molecule has 0 aliphatic heterocycles. The van der Waals surface area contributed by atoms with Crippen LogP contribution in [0.3, 0.4) is 0 Å². The fourth-order valence-corrected chi connectivity index (χ4v) is 3.23. The average molecular weight is 321 g/mol. The number of aliphatic hydroxyl groups excluding tert-OH is 1. The van der Waals surface area contributed by atoms with E-state index in [0.29, 0.717) is 4.96 Å². The lowest BCUT2D eigenvalue weighted by molar-refractivity contribution is 0.0914. The highest BCUT2D eigenvalue weighted by Gasteiger charge is 2.15. The van der Waals surface area contributed by atoms with Gasteiger partial charge in [0.05, 0.1) is 6.10 Å². The largest absolute Gasteiger partial charge is 0.387 e. The second-order valence-corrected chi connectivity index (χ2v) is 5.97. The van der Waals surface area contributed by atoms with Gasteiger partial charge >= 0.3 is 0 Å². The van der Waals surface area contributed by atoms with Crippen LogP contribution in [0.5, 0.6) is 0 Å². The number of nitrogens with zero attached hydrogens (tertiary/aromatic N) is 2. The van der Waals surface area contributed by atoms with Gasteiger partial charge in [-0.15, -0.1) is 11.3 Å². The van der Waals surface area contributed by atoms with Gasteiger partial charge in [-0.05, 0) is 22.4 Å². The molecule has 2 N–H and O–H groups in total. The van der Waals surface area contributed by atoms with Crippen LogP contribution >= 0.6 is 22.7 Å². The standard InChI is InChI=1S/C13H11N3O3S2/c17-10(8-1-3-20-7-8)6-14-11(18)9-5-15-13-16(12(9)19)2-4-21-13/h1-5,7,10,17H,6H2,(H,14,18). The number of aromatic nitrogens is 2. The number of rotatable bonds is 4. The summed E-state index contributed by atoms with van der Waals surface area (Å²) in [5.74, 6) is -0.539. The normalized spacial score (nSPS) is 12.4. The van der Waals surface area contributed by atoms with Gasteiger partial charge < -0.3 is 10.4 Å². The Bertz CT molecular complexity index is 823. The van der Waals surface area contributed by atoms with E-state index in [0.717, 1.165) is 5.56 Å². The van der Waals surface area contributed by atoms with E-state index in [2.05, 4.69) is 10.3 Å². The molecular weight excluding hydrogens is 310 g/mol. The smallest absolute Gasteiger partial charge is 0.271 e. The lowest BCUT2D eigenvalue weighted by atomic mass is 10.2. The second kappa shape index (κ2) is 5.76. The Hall–Kier alpha value is -2.03. The number of nitrogens with one attached hydrogen (secondary N) is 1. The van der Waals surface area contributed by atoms with Crippen molar-refractivity contribution >= 4 is 33.5 Å². The first kappa shape index (κ1) is 13.9. The van der Waals surface area contributed by atoms with Crippen LogP contribution in [0.4, 0.5) is 0 Å². The highest BCUT2D eigenvalue weighted by Crippen LogP contribution is 2.15. The van der Waals surface area contributed by atoms with E-state index < -0.39 is 17.6 Å². The summed E-state index contributed by atoms with van der Waals surface area (Å²) in [5.41, 5.74) is 0.288. The molecule has 0 aliphatic carbocycles. The Kier molecular flexibility index (Phi) is 3.82. The van der Waals surface area contributed by atoms with Gasteiger partial charge in [0.2, 0.25) is 0 Å². The van der Waals surface area contributed by atoms with Crippen LogP contribution < -0.4 is 10.9 Å². The zero-order valence-electron chi connectivity index (χ0n) is 10.7. The minimum absolute atomic E-state index is 0.0385. The third kappa shape index (κ3) is 2.73. The van der Waals surface area contributed by atoms with E-state index in [1.165, 1.54) is 33.3 Å². The van der Waals surface area contributed by atoms with Crippen LogP contribution in [0.2, 0.25) is 0 Å². The summed E-state index contributed by atoms with van der Waals surface area (Å²) in [5, 5.41) is 17.8. The van der Waals surface area contributed by atoms with Crippen molar-refractivity contribution < 1.29 is 9.90 Å². The molecule has 8 heteroatoms. The SMILES string of the molecule is O=C(NCC(O)c1ccsc1)c1cnc2sccn2c1=O. The highest BCUT2D eigenvalue weighted by molar-refractivity contribution is 7.15. The predicted octanol–water partition coefficient (Wildman–Crippen LogP) is 1.28. The van der Waals surface area contributed by atoms with Gasteiger partial charge in [0.15, 0.2) is 4.96 Å². The number of thiophene rings is 1. The number of thiazole rings is 1. The van der Waals surface area contributed by atoms with Crippen LogP contribution in [0.25, 0.3) is 4.96 Å². The van der Waals surface area contributed by atoms with Crippen LogP contribution in [-0.4, -0.2) is 26.9 Å². The van der Waals surface area contributed by atoms with Crippen molar-refractivity contribution in [2.45, 2.75) is 6.10 Å². The lowest BCUT2D eigenvalue weighted by Crippen LogP contribution is -2.33. The van der Waals surface area contributed by atoms with Gasteiger partial charge in [0.1, 0.15) is 5.56 Å². The van der Waals surface area contributed by atoms with Gasteiger partial charge in [-0.1, -0.05) is 0 Å². The topological polar surface area (TPSA) is 83.7 Å². The molecule has 1 amide bonds. The third-order valence-corrected chi connectivity index (χ3v) is 4.44. The molecular formula is C13H11N3O3S2. The number of amides is 1. The first-order valence-electron chi connectivity index (χ1n) is 6.10. The minimum Gasteiger partial charge on any atom is -0.387 e. The Balaban J connectivity index is 1.75. The molecule has 0 fully saturated rings. The third-order valence-electron chi connectivity index (χ3n) is 2.97. The van der Waals surface area contributed by atoms with E-state index in [4.69, 9.17) is 0 Å². The molecule has 108 valence electrons. The number of aliphatic hydroxyl groups is 1. The molecule has 3 rings (SSSR count). The maximum atomic E-state index is 12.1. The zero-order valence-corrected chi connectivity index (χ0v) is 12.4. The number of fused-ring (bicyclic) bond motifs is 1. The van der Waals surface area contributed by atoms with Crippen molar-refractivity contribution in [3.63, 3.8) is 0 Å². The number of carbonyl (C=O) groups excluding carboxylic acids is 1. The van der Waals surface area contributed by atoms with Crippen molar-refractivity contribution in [1.82, 2.24) is 14.7 Å². The molecule has 0 spiro atoms. The summed E-state index contributed by atoms with van der Waals surface area (Å²) in [4.78, 5) is 28.7. The average Bonchev–Trinajstić information content (AvgIpc) is 3.15. The molecule has 3 aromatic heterocycles. The molecule has 0 bridgehead atoms. The summed E-state index contributed by atoms with van der Waals surface area (Å²) in [6.45, 7) is 0.0430. The molecule has 0 saturated heterocycles. The maximum Gasteiger partial charge on any atom is 0.271 e. The number of carbonyl (C=O) groups is 1. The minimum atomic E-state index is -0.791. The van der Waals surface area contributed by atoms with Crippen molar-refractivity contribution in [3.8, 4) is 0 Å². The van der Waals surface area contributed by atoms with Crippen molar-refractivity contribution in [2.24, 2.45) is 0 Å². The first-order chi connectivity index (χ1) is 10.2. The lowest BCUT2D eigenvalue weighted by Gasteiger charge is -2.10. The fourth-order valence-electron chi connectivity index (χ4n) is 1.85. The molecule has 3 heterocycles. The van der Waals surface area contributed by atoms with Crippen molar-refractivity contribution in [2.75, 3.05) is 6.54 Å². The summed E-state index contributed by atoms with van der Waals surface area (Å²) in [7, 11) is 0. The van der Waals surface area contributed by atoms with Gasteiger partial charge in [-0.2, -0.15) is 11.3 Å². The quantitative estimate of drug-likeness (QED) is 0.758. The van der Waals surface area contributed by atoms with Crippen molar-refractivity contribution in [3.05, 3.63) is 56.1 Å². The Morgan fingerprint density at radius 1 is 1.48 bits per heavy atom. The predicted molar refractivity (Wildman–Crippen MR) is 81.0 cm³/mol. The van der Waals surface area contributed by atoms with Gasteiger partial charge in [-0.3, -0.25) is 14.0 Å². The van der Waals surface area contributed by atoms with E-state index in [1.807, 2.05) is 10.8 Å². The summed E-state index contributed by atoms with van der Waals surface area (Å²) >= 11 is 2.79. The van der Waals surface area contributed by atoms with Crippen LogP contribution in [-0.2, 0) is 0 Å². The zero-order chi connectivity index (χ0) is 14.8. The Labute approximate surface area is 127 Å². The van der Waals surface area contributed by atoms with E-state index in [-0.39, 0.29) is 12.1 Å². The summed E-state index contributed by atoms with van der Waals surface area (Å²) < 4.78 is 1.33. The molecule has 1 atom stereocenters. The number of hydrogen-bond donors (Lipinski definition) is 2. The van der Waals surface area contributed by atoms with Crippen LogP contribution in [0.15, 0.2) is 39.4 Å². The molecule has 0 radical (unpaired) electrons. The fraction of sp³-hybridized carbons (Fsp3) is 0.154. The monoisotopic (exact) mass is 321 g/mol.